The van der Waals surface area contributed by atoms with Gasteiger partial charge < -0.3 is 0 Å². The number of unbranched alkanes of at least 4 members (excludes halogenated alkanes) is 6. The Balaban J connectivity index is 3.07. The van der Waals surface area contributed by atoms with Gasteiger partial charge in [-0.25, -0.2) is 0 Å². The topological polar surface area (TPSA) is 0 Å². The van der Waals surface area contributed by atoms with Crippen molar-refractivity contribution in [1.29, 1.82) is 0 Å². The molecule has 1 aromatic rings. The maximum Gasteiger partial charge on any atom is 0.200 e. The molecule has 1 unspecified atom stereocenters. The molecule has 0 spiro atoms. The summed E-state index contributed by atoms with van der Waals surface area (Å²) in [5.41, 5.74) is 4.33. The van der Waals surface area contributed by atoms with Crippen LogP contribution in [-0.2, 0) is 6.54 Å². The zero-order chi connectivity index (χ0) is 19.4. The molecule has 0 amide bonds. The van der Waals surface area contributed by atoms with Gasteiger partial charge in [-0.1, -0.05) is 57.7 Å². The molecule has 0 aromatic heterocycles. The summed E-state index contributed by atoms with van der Waals surface area (Å²) in [5, 5.41) is 0. The number of alkyl halides is 1. The number of halogens is 1. The minimum Gasteiger partial charge on any atom is -0.299 e. The van der Waals surface area contributed by atoms with E-state index in [2.05, 4.69) is 74.4 Å². The van der Waals surface area contributed by atoms with E-state index < -0.39 is 0 Å². The largest absolute Gasteiger partial charge is 0.299 e. The molecule has 1 rings (SSSR count). The lowest BCUT2D eigenvalue weighted by molar-refractivity contribution is -0.940. The van der Waals surface area contributed by atoms with E-state index in [4.69, 9.17) is 6.42 Å². The first kappa shape index (κ1) is 23.5. The first-order valence-corrected chi connectivity index (χ1v) is 11.8. The highest BCUT2D eigenvalue weighted by Gasteiger charge is 2.34. The predicted molar refractivity (Wildman–Crippen MR) is 125 cm³/mol. The van der Waals surface area contributed by atoms with Gasteiger partial charge in [-0.15, -0.1) is 6.42 Å². The maximum absolute atomic E-state index is 5.98. The van der Waals surface area contributed by atoms with E-state index in [1.165, 1.54) is 81.1 Å². The molecule has 0 aliphatic carbocycles. The summed E-state index contributed by atoms with van der Waals surface area (Å²) in [6.45, 7) is 12.6. The second-order valence-corrected chi connectivity index (χ2v) is 9.00. The van der Waals surface area contributed by atoms with Gasteiger partial charge in [-0.3, -0.25) is 4.48 Å². The van der Waals surface area contributed by atoms with Gasteiger partial charge in [0, 0.05) is 28.2 Å². The van der Waals surface area contributed by atoms with E-state index in [0.29, 0.717) is 0 Å². The second kappa shape index (κ2) is 12.8. The average molecular weight is 468 g/mol. The van der Waals surface area contributed by atoms with Crippen LogP contribution in [0.3, 0.4) is 0 Å². The van der Waals surface area contributed by atoms with Crippen molar-refractivity contribution < 1.29 is 4.48 Å². The summed E-state index contributed by atoms with van der Waals surface area (Å²) in [7, 11) is 0. The summed E-state index contributed by atoms with van der Waals surface area (Å²) in [6.07, 6.45) is 16.4. The van der Waals surface area contributed by atoms with Crippen LogP contribution in [0.5, 0.6) is 0 Å². The van der Waals surface area contributed by atoms with Crippen LogP contribution in [0.1, 0.15) is 81.9 Å². The fourth-order valence-corrected chi connectivity index (χ4v) is 4.61. The Morgan fingerprint density at radius 3 is 1.85 bits per heavy atom. The van der Waals surface area contributed by atoms with E-state index in [9.17, 15) is 0 Å². The second-order valence-electron chi connectivity index (χ2n) is 7.82. The van der Waals surface area contributed by atoms with Gasteiger partial charge in [0.25, 0.3) is 0 Å². The molecule has 1 nitrogen and oxygen atoms in total. The van der Waals surface area contributed by atoms with Crippen molar-refractivity contribution in [3.63, 3.8) is 0 Å². The summed E-state index contributed by atoms with van der Waals surface area (Å²) < 4.78 is 1.30. The number of nitrogens with zero attached hydrogens (tertiary/aromatic N) is 1. The SMILES string of the molecule is C#CC(I)[N+](CCCCCC)(CCCCCC)Cc1c(C)cccc1C. The normalized spacial score (nSPS) is 12.8. The molecule has 0 heterocycles. The quantitative estimate of drug-likeness (QED) is 0.0719. The Morgan fingerprint density at radius 1 is 0.923 bits per heavy atom. The lowest BCUT2D eigenvalue weighted by Gasteiger charge is -2.42. The minimum absolute atomic E-state index is 0.245. The Bertz CT molecular complexity index is 526. The molecule has 26 heavy (non-hydrogen) atoms. The highest BCUT2D eigenvalue weighted by Crippen LogP contribution is 2.29. The Morgan fingerprint density at radius 2 is 1.42 bits per heavy atom. The number of hydrogen-bond donors (Lipinski definition) is 0. The first-order chi connectivity index (χ1) is 12.5. The van der Waals surface area contributed by atoms with Crippen molar-refractivity contribution in [3.8, 4) is 12.3 Å². The van der Waals surface area contributed by atoms with Gasteiger partial charge in [0.2, 0.25) is 4.05 Å². The smallest absolute Gasteiger partial charge is 0.200 e. The molecule has 0 fully saturated rings. The third-order valence-corrected chi connectivity index (χ3v) is 7.19. The Kier molecular flexibility index (Phi) is 11.6. The van der Waals surface area contributed by atoms with Gasteiger partial charge in [-0.05, 0) is 56.6 Å². The van der Waals surface area contributed by atoms with Crippen molar-refractivity contribution in [3.05, 3.63) is 34.9 Å². The highest BCUT2D eigenvalue weighted by atomic mass is 127. The molecule has 0 aliphatic rings. The molecular formula is C24H39IN+. The van der Waals surface area contributed by atoms with Crippen LogP contribution >= 0.6 is 22.6 Å². The summed E-state index contributed by atoms with van der Waals surface area (Å²) >= 11 is 2.53. The van der Waals surface area contributed by atoms with E-state index in [1.54, 1.807) is 0 Å². The van der Waals surface area contributed by atoms with Gasteiger partial charge in [-0.2, -0.15) is 0 Å². The number of hydrogen-bond acceptors (Lipinski definition) is 0. The molecule has 0 saturated carbocycles. The molecule has 0 bridgehead atoms. The number of terminal acetylenes is 1. The van der Waals surface area contributed by atoms with Crippen LogP contribution < -0.4 is 0 Å². The van der Waals surface area contributed by atoms with Crippen LogP contribution in [0, 0.1) is 26.2 Å². The molecule has 0 saturated heterocycles. The summed E-state index contributed by atoms with van der Waals surface area (Å²) in [6, 6.07) is 6.68. The van der Waals surface area contributed by atoms with Crippen LogP contribution in [-0.4, -0.2) is 21.6 Å². The van der Waals surface area contributed by atoms with Crippen molar-refractivity contribution in [2.24, 2.45) is 0 Å². The van der Waals surface area contributed by atoms with Gasteiger partial charge in [0.1, 0.15) is 6.54 Å². The van der Waals surface area contributed by atoms with Crippen LogP contribution in [0.15, 0.2) is 18.2 Å². The lowest BCUT2D eigenvalue weighted by Crippen LogP contribution is -2.53. The summed E-state index contributed by atoms with van der Waals surface area (Å²) in [5.74, 6) is 3.11. The maximum atomic E-state index is 5.98. The highest BCUT2D eigenvalue weighted by molar-refractivity contribution is 14.1. The van der Waals surface area contributed by atoms with Gasteiger partial charge in [0.05, 0.1) is 13.1 Å². The van der Waals surface area contributed by atoms with E-state index in [-0.39, 0.29) is 4.05 Å². The predicted octanol–water partition coefficient (Wildman–Crippen LogP) is 7.18. The van der Waals surface area contributed by atoms with Crippen molar-refractivity contribution in [2.45, 2.75) is 89.7 Å². The van der Waals surface area contributed by atoms with E-state index in [0.717, 1.165) is 11.0 Å². The fraction of sp³-hybridized carbons (Fsp3) is 0.667. The zero-order valence-electron chi connectivity index (χ0n) is 17.5. The number of benzene rings is 1. The van der Waals surface area contributed by atoms with Crippen molar-refractivity contribution in [1.82, 2.24) is 0 Å². The Hall–Kier alpha value is -0.530. The number of aryl methyl sites for hydroxylation is 2. The van der Waals surface area contributed by atoms with Crippen LogP contribution in [0.4, 0.5) is 0 Å². The Labute approximate surface area is 176 Å². The fourth-order valence-electron chi connectivity index (χ4n) is 3.86. The third kappa shape index (κ3) is 7.24. The van der Waals surface area contributed by atoms with Crippen molar-refractivity contribution in [2.75, 3.05) is 13.1 Å². The molecule has 0 aliphatic heterocycles. The number of quaternary nitrogens is 1. The standard InChI is InChI=1S/C24H39IN/c1-6-9-11-13-18-26(24(25)8-3,19-14-12-10-7-2)20-23-21(4)16-15-17-22(23)5/h3,15-17,24H,6-7,9-14,18-20H2,1-2,4-5H3/q+1. The summed E-state index contributed by atoms with van der Waals surface area (Å²) in [4.78, 5) is 0. The van der Waals surface area contributed by atoms with Crippen LogP contribution in [0.2, 0.25) is 0 Å². The zero-order valence-corrected chi connectivity index (χ0v) is 19.6. The van der Waals surface area contributed by atoms with Gasteiger partial charge >= 0.3 is 0 Å². The monoisotopic (exact) mass is 468 g/mol. The molecule has 0 radical (unpaired) electrons. The number of rotatable bonds is 13. The molecule has 146 valence electrons. The molecular weight excluding hydrogens is 429 g/mol. The molecule has 2 heteroatoms. The first-order valence-electron chi connectivity index (χ1n) is 10.5. The molecule has 1 atom stereocenters. The average Bonchev–Trinajstić information content (AvgIpc) is 2.64. The lowest BCUT2D eigenvalue weighted by atomic mass is 10.00. The molecule has 0 N–H and O–H groups in total. The van der Waals surface area contributed by atoms with E-state index in [1.807, 2.05) is 0 Å². The van der Waals surface area contributed by atoms with Gasteiger partial charge in [0.15, 0.2) is 0 Å². The van der Waals surface area contributed by atoms with E-state index >= 15 is 0 Å². The van der Waals surface area contributed by atoms with Crippen molar-refractivity contribution >= 4 is 22.6 Å². The van der Waals surface area contributed by atoms with Crippen LogP contribution in [0.25, 0.3) is 0 Å². The molecule has 1 aromatic carbocycles. The third-order valence-electron chi connectivity index (χ3n) is 5.65. The minimum atomic E-state index is 0.245.